The van der Waals surface area contributed by atoms with E-state index in [1.54, 1.807) is 0 Å². The molecule has 0 heterocycles. The summed E-state index contributed by atoms with van der Waals surface area (Å²) in [5.74, 6) is 2.55. The first kappa shape index (κ1) is 8.55. The van der Waals surface area contributed by atoms with Gasteiger partial charge >= 0.3 is 0 Å². The van der Waals surface area contributed by atoms with Gasteiger partial charge in [0.2, 0.25) is 0 Å². The Bertz CT molecular complexity index is 154. The van der Waals surface area contributed by atoms with Crippen LogP contribution in [0, 0.1) is 17.8 Å². The van der Waals surface area contributed by atoms with Crippen LogP contribution in [0.25, 0.3) is 0 Å². The van der Waals surface area contributed by atoms with Crippen molar-refractivity contribution in [3.05, 3.63) is 0 Å². The maximum absolute atomic E-state index is 9.97. The average Bonchev–Trinajstić information content (AvgIpc) is 1.78. The van der Waals surface area contributed by atoms with Crippen LogP contribution in [-0.2, 0) is 0 Å². The van der Waals surface area contributed by atoms with Gasteiger partial charge in [0, 0.05) is 0 Å². The van der Waals surface area contributed by atoms with Gasteiger partial charge in [-0.2, -0.15) is 0 Å². The topological polar surface area (TPSA) is 20.2 Å². The van der Waals surface area contributed by atoms with Gasteiger partial charge < -0.3 is 5.11 Å². The molecule has 12 heavy (non-hydrogen) atoms. The van der Waals surface area contributed by atoms with Crippen LogP contribution in [0.5, 0.6) is 0 Å². The molecule has 70 valence electrons. The zero-order valence-corrected chi connectivity index (χ0v) is 8.21. The molecule has 2 atom stereocenters. The van der Waals surface area contributed by atoms with E-state index in [-0.39, 0.29) is 5.60 Å². The molecule has 2 aliphatic rings. The number of aliphatic hydroxyl groups is 1. The Morgan fingerprint density at radius 1 is 1.08 bits per heavy atom. The fraction of sp³-hybridized carbons (Fsp3) is 1.00. The maximum atomic E-state index is 9.97. The lowest BCUT2D eigenvalue weighted by Crippen LogP contribution is -2.40. The van der Waals surface area contributed by atoms with E-state index in [4.69, 9.17) is 0 Å². The van der Waals surface area contributed by atoms with E-state index < -0.39 is 0 Å². The van der Waals surface area contributed by atoms with Crippen LogP contribution in [0.2, 0.25) is 0 Å². The number of hydrogen-bond acceptors (Lipinski definition) is 1. The standard InChI is InChI=1S/C11H20O/c1-8-3-9-5-10(4-8)7-11(2,12)6-9/h8-10,12H,3-7H2,1-2H3. The fourth-order valence-corrected chi connectivity index (χ4v) is 3.56. The summed E-state index contributed by atoms with van der Waals surface area (Å²) in [6.45, 7) is 4.38. The molecular weight excluding hydrogens is 148 g/mol. The summed E-state index contributed by atoms with van der Waals surface area (Å²) in [4.78, 5) is 0. The van der Waals surface area contributed by atoms with Crippen LogP contribution in [0.15, 0.2) is 0 Å². The molecule has 2 aliphatic carbocycles. The molecule has 0 spiro atoms. The molecule has 2 saturated carbocycles. The first-order valence-corrected chi connectivity index (χ1v) is 5.27. The van der Waals surface area contributed by atoms with Crippen molar-refractivity contribution in [2.75, 3.05) is 0 Å². The molecule has 0 aromatic rings. The molecular formula is C11H20O. The third kappa shape index (κ3) is 1.66. The molecule has 0 aliphatic heterocycles. The number of fused-ring (bicyclic) bond motifs is 2. The first-order valence-electron chi connectivity index (χ1n) is 5.27. The van der Waals surface area contributed by atoms with Crippen LogP contribution in [0.1, 0.15) is 46.0 Å². The van der Waals surface area contributed by atoms with E-state index in [0.717, 1.165) is 30.6 Å². The Morgan fingerprint density at radius 3 is 2.08 bits per heavy atom. The smallest absolute Gasteiger partial charge is 0.0625 e. The summed E-state index contributed by atoms with van der Waals surface area (Å²) in [6.07, 6.45) is 6.20. The summed E-state index contributed by atoms with van der Waals surface area (Å²) >= 11 is 0. The van der Waals surface area contributed by atoms with Gasteiger partial charge in [-0.05, 0) is 56.8 Å². The Kier molecular flexibility index (Phi) is 1.95. The van der Waals surface area contributed by atoms with Gasteiger partial charge in [0.05, 0.1) is 5.60 Å². The minimum atomic E-state index is -0.340. The Labute approximate surface area is 75.2 Å². The van der Waals surface area contributed by atoms with Crippen LogP contribution < -0.4 is 0 Å². The monoisotopic (exact) mass is 168 g/mol. The molecule has 0 radical (unpaired) electrons. The normalized spacial score (nSPS) is 53.8. The highest BCUT2D eigenvalue weighted by atomic mass is 16.3. The lowest BCUT2D eigenvalue weighted by atomic mass is 9.64. The van der Waals surface area contributed by atoms with Gasteiger partial charge in [-0.25, -0.2) is 0 Å². The molecule has 0 amide bonds. The minimum Gasteiger partial charge on any atom is -0.390 e. The molecule has 0 aromatic carbocycles. The summed E-state index contributed by atoms with van der Waals surface area (Å²) in [5, 5.41) is 9.97. The zero-order chi connectivity index (χ0) is 8.77. The van der Waals surface area contributed by atoms with E-state index in [9.17, 15) is 5.11 Å². The van der Waals surface area contributed by atoms with Crippen LogP contribution >= 0.6 is 0 Å². The second-order valence-corrected chi connectivity index (χ2v) is 5.45. The van der Waals surface area contributed by atoms with Gasteiger partial charge in [0.15, 0.2) is 0 Å². The second-order valence-electron chi connectivity index (χ2n) is 5.45. The zero-order valence-electron chi connectivity index (χ0n) is 8.21. The van der Waals surface area contributed by atoms with Gasteiger partial charge in [-0.1, -0.05) is 6.92 Å². The predicted molar refractivity (Wildman–Crippen MR) is 49.9 cm³/mol. The van der Waals surface area contributed by atoms with Crippen molar-refractivity contribution in [1.82, 2.24) is 0 Å². The van der Waals surface area contributed by atoms with E-state index in [2.05, 4.69) is 6.92 Å². The lowest BCUT2D eigenvalue weighted by Gasteiger charge is -2.44. The SMILES string of the molecule is CC1CC2CC(C1)CC(C)(O)C2. The number of hydrogen-bond donors (Lipinski definition) is 1. The van der Waals surface area contributed by atoms with Crippen molar-refractivity contribution in [3.63, 3.8) is 0 Å². The summed E-state index contributed by atoms with van der Waals surface area (Å²) in [5.41, 5.74) is -0.340. The molecule has 2 bridgehead atoms. The van der Waals surface area contributed by atoms with Gasteiger partial charge in [0.1, 0.15) is 0 Å². The van der Waals surface area contributed by atoms with Crippen molar-refractivity contribution in [2.24, 2.45) is 17.8 Å². The third-order valence-corrected chi connectivity index (χ3v) is 3.59. The summed E-state index contributed by atoms with van der Waals surface area (Å²) in [6, 6.07) is 0. The Hall–Kier alpha value is -0.0400. The number of rotatable bonds is 0. The highest BCUT2D eigenvalue weighted by Crippen LogP contribution is 2.46. The van der Waals surface area contributed by atoms with Crippen LogP contribution in [0.3, 0.4) is 0 Å². The third-order valence-electron chi connectivity index (χ3n) is 3.59. The van der Waals surface area contributed by atoms with E-state index in [0.29, 0.717) is 0 Å². The second kappa shape index (κ2) is 2.73. The summed E-state index contributed by atoms with van der Waals surface area (Å²) < 4.78 is 0. The van der Waals surface area contributed by atoms with Crippen molar-refractivity contribution < 1.29 is 5.11 Å². The molecule has 1 nitrogen and oxygen atoms in total. The highest BCUT2D eigenvalue weighted by Gasteiger charge is 2.39. The molecule has 1 N–H and O–H groups in total. The van der Waals surface area contributed by atoms with Crippen LogP contribution in [-0.4, -0.2) is 10.7 Å². The quantitative estimate of drug-likeness (QED) is 0.589. The molecule has 0 saturated heterocycles. The van der Waals surface area contributed by atoms with Crippen molar-refractivity contribution in [2.45, 2.75) is 51.6 Å². The first-order chi connectivity index (χ1) is 5.55. The molecule has 0 aromatic heterocycles. The van der Waals surface area contributed by atoms with E-state index in [1.807, 2.05) is 6.92 Å². The largest absolute Gasteiger partial charge is 0.390 e. The predicted octanol–water partition coefficient (Wildman–Crippen LogP) is 2.58. The fourth-order valence-electron chi connectivity index (χ4n) is 3.56. The van der Waals surface area contributed by atoms with Crippen molar-refractivity contribution in [1.29, 1.82) is 0 Å². The molecule has 2 rings (SSSR count). The lowest BCUT2D eigenvalue weighted by molar-refractivity contribution is -0.0458. The van der Waals surface area contributed by atoms with E-state index >= 15 is 0 Å². The maximum Gasteiger partial charge on any atom is 0.0625 e. The van der Waals surface area contributed by atoms with Gasteiger partial charge in [0.25, 0.3) is 0 Å². The highest BCUT2D eigenvalue weighted by molar-refractivity contribution is 4.91. The van der Waals surface area contributed by atoms with Crippen molar-refractivity contribution >= 4 is 0 Å². The molecule has 1 heteroatoms. The van der Waals surface area contributed by atoms with Crippen molar-refractivity contribution in [3.8, 4) is 0 Å². The Morgan fingerprint density at radius 2 is 1.58 bits per heavy atom. The van der Waals surface area contributed by atoms with Gasteiger partial charge in [-0.3, -0.25) is 0 Å². The molecule has 2 fully saturated rings. The average molecular weight is 168 g/mol. The van der Waals surface area contributed by atoms with Gasteiger partial charge in [-0.15, -0.1) is 0 Å². The molecule has 2 unspecified atom stereocenters. The van der Waals surface area contributed by atoms with Crippen LogP contribution in [0.4, 0.5) is 0 Å². The minimum absolute atomic E-state index is 0.340. The summed E-state index contributed by atoms with van der Waals surface area (Å²) in [7, 11) is 0. The van der Waals surface area contributed by atoms with E-state index in [1.165, 1.54) is 19.3 Å². The Balaban J connectivity index is 2.06.